The fourth-order valence-corrected chi connectivity index (χ4v) is 2.88. The lowest BCUT2D eigenvalue weighted by atomic mass is 10.1. The fourth-order valence-electron chi connectivity index (χ4n) is 2.88. The lowest BCUT2D eigenvalue weighted by molar-refractivity contribution is 0.386. The van der Waals surface area contributed by atoms with Gasteiger partial charge in [0.05, 0.1) is 7.11 Å². The van der Waals surface area contributed by atoms with Crippen molar-refractivity contribution in [1.82, 2.24) is 0 Å². The zero-order valence-corrected chi connectivity index (χ0v) is 13.5. The van der Waals surface area contributed by atoms with Crippen LogP contribution in [0.15, 0.2) is 59.0 Å². The van der Waals surface area contributed by atoms with Crippen molar-refractivity contribution in [2.24, 2.45) is 0 Å². The molecule has 0 unspecified atom stereocenters. The van der Waals surface area contributed by atoms with Crippen LogP contribution in [0, 0.1) is 11.6 Å². The Morgan fingerprint density at radius 3 is 2.44 bits per heavy atom. The molecule has 1 aromatic heterocycles. The van der Waals surface area contributed by atoms with Crippen molar-refractivity contribution in [3.63, 3.8) is 0 Å². The van der Waals surface area contributed by atoms with Gasteiger partial charge in [0, 0.05) is 23.0 Å². The fraction of sp³-hybridized carbons (Fsp3) is 0.100. The molecule has 0 saturated heterocycles. The number of methoxy groups -OCH3 is 1. The van der Waals surface area contributed by atoms with Crippen LogP contribution in [0.25, 0.3) is 21.9 Å². The van der Waals surface area contributed by atoms with Gasteiger partial charge in [-0.3, -0.25) is 0 Å². The lowest BCUT2D eigenvalue weighted by Crippen LogP contribution is -2.00. The average Bonchev–Trinajstić information content (AvgIpc) is 2.97. The third-order valence-electron chi connectivity index (χ3n) is 4.14. The van der Waals surface area contributed by atoms with Crippen molar-refractivity contribution in [3.05, 3.63) is 71.8 Å². The Bertz CT molecular complexity index is 1070. The molecular formula is C20H15F2NO2. The highest BCUT2D eigenvalue weighted by Gasteiger charge is 2.09. The maximum Gasteiger partial charge on any atom is 0.165 e. The number of hydrogen-bond acceptors (Lipinski definition) is 3. The van der Waals surface area contributed by atoms with E-state index in [1.54, 1.807) is 18.2 Å². The number of hydrogen-bond donors (Lipinski definition) is 1. The van der Waals surface area contributed by atoms with E-state index in [2.05, 4.69) is 5.32 Å². The molecule has 0 aliphatic heterocycles. The van der Waals surface area contributed by atoms with Crippen LogP contribution < -0.4 is 10.1 Å². The molecule has 0 atom stereocenters. The molecule has 0 radical (unpaired) electrons. The molecule has 0 bridgehead atoms. The molecule has 3 aromatic carbocycles. The zero-order chi connectivity index (χ0) is 17.4. The zero-order valence-electron chi connectivity index (χ0n) is 13.5. The van der Waals surface area contributed by atoms with E-state index >= 15 is 0 Å². The van der Waals surface area contributed by atoms with Crippen molar-refractivity contribution in [2.75, 3.05) is 12.4 Å². The molecule has 0 amide bonds. The van der Waals surface area contributed by atoms with Gasteiger partial charge in [-0.1, -0.05) is 6.07 Å². The molecular weight excluding hydrogens is 324 g/mol. The Hall–Kier alpha value is -3.08. The molecule has 1 N–H and O–H groups in total. The number of halogens is 2. The van der Waals surface area contributed by atoms with Crippen molar-refractivity contribution in [3.8, 4) is 5.75 Å². The van der Waals surface area contributed by atoms with Crippen LogP contribution in [0.2, 0.25) is 0 Å². The Morgan fingerprint density at radius 1 is 0.920 bits per heavy atom. The normalized spacial score (nSPS) is 11.2. The van der Waals surface area contributed by atoms with Crippen LogP contribution in [0.5, 0.6) is 5.75 Å². The average molecular weight is 339 g/mol. The second-order valence-electron chi connectivity index (χ2n) is 5.78. The van der Waals surface area contributed by atoms with Crippen molar-refractivity contribution in [1.29, 1.82) is 0 Å². The quantitative estimate of drug-likeness (QED) is 0.534. The molecule has 3 nitrogen and oxygen atoms in total. The minimum Gasteiger partial charge on any atom is -0.494 e. The summed E-state index contributed by atoms with van der Waals surface area (Å²) in [6.07, 6.45) is 0. The molecule has 0 aliphatic carbocycles. The summed E-state index contributed by atoms with van der Waals surface area (Å²) in [4.78, 5) is 0. The first kappa shape index (κ1) is 15.4. The third-order valence-corrected chi connectivity index (χ3v) is 4.14. The molecule has 0 spiro atoms. The topological polar surface area (TPSA) is 34.4 Å². The molecule has 5 heteroatoms. The maximum absolute atomic E-state index is 13.8. The van der Waals surface area contributed by atoms with Crippen LogP contribution in [0.3, 0.4) is 0 Å². The summed E-state index contributed by atoms with van der Waals surface area (Å²) in [6, 6.07) is 14.9. The number of rotatable bonds is 4. The SMILES string of the molecule is COc1ccc(CNc2ccc3oc4ccc(F)cc4c3c2)cc1F. The van der Waals surface area contributed by atoms with Crippen LogP contribution >= 0.6 is 0 Å². The van der Waals surface area contributed by atoms with Crippen molar-refractivity contribution >= 4 is 27.6 Å². The first-order valence-electron chi connectivity index (χ1n) is 7.82. The summed E-state index contributed by atoms with van der Waals surface area (Å²) in [5, 5.41) is 4.81. The van der Waals surface area contributed by atoms with E-state index < -0.39 is 5.82 Å². The molecule has 0 aliphatic rings. The summed E-state index contributed by atoms with van der Waals surface area (Å²) < 4.78 is 37.9. The number of benzene rings is 3. The highest BCUT2D eigenvalue weighted by atomic mass is 19.1. The van der Waals surface area contributed by atoms with Gasteiger partial charge in [0.1, 0.15) is 17.0 Å². The number of furan rings is 1. The molecule has 0 saturated carbocycles. The highest BCUT2D eigenvalue weighted by Crippen LogP contribution is 2.31. The first-order chi connectivity index (χ1) is 12.1. The maximum atomic E-state index is 13.8. The van der Waals surface area contributed by atoms with Gasteiger partial charge in [0.15, 0.2) is 11.6 Å². The van der Waals surface area contributed by atoms with Crippen molar-refractivity contribution in [2.45, 2.75) is 6.54 Å². The molecule has 1 heterocycles. The second-order valence-corrected chi connectivity index (χ2v) is 5.78. The van der Waals surface area contributed by atoms with Gasteiger partial charge in [0.2, 0.25) is 0 Å². The Morgan fingerprint density at radius 2 is 1.68 bits per heavy atom. The second kappa shape index (κ2) is 6.09. The van der Waals surface area contributed by atoms with E-state index in [-0.39, 0.29) is 11.6 Å². The number of nitrogens with one attached hydrogen (secondary N) is 1. The largest absolute Gasteiger partial charge is 0.494 e. The smallest absolute Gasteiger partial charge is 0.165 e. The van der Waals surface area contributed by atoms with E-state index in [0.29, 0.717) is 17.7 Å². The molecule has 4 rings (SSSR count). The Balaban J connectivity index is 1.62. The number of anilines is 1. The van der Waals surface area contributed by atoms with E-state index in [4.69, 9.17) is 9.15 Å². The van der Waals surface area contributed by atoms with Gasteiger partial charge in [-0.2, -0.15) is 0 Å². The van der Waals surface area contributed by atoms with Crippen LogP contribution in [0.4, 0.5) is 14.5 Å². The number of fused-ring (bicyclic) bond motifs is 3. The Kier molecular flexibility index (Phi) is 3.76. The summed E-state index contributed by atoms with van der Waals surface area (Å²) in [6.45, 7) is 0.455. The summed E-state index contributed by atoms with van der Waals surface area (Å²) in [5.74, 6) is -0.479. The highest BCUT2D eigenvalue weighted by molar-refractivity contribution is 6.05. The predicted molar refractivity (Wildman–Crippen MR) is 94.0 cm³/mol. The molecule has 126 valence electrons. The van der Waals surface area contributed by atoms with E-state index in [1.165, 1.54) is 25.3 Å². The van der Waals surface area contributed by atoms with Crippen LogP contribution in [0.1, 0.15) is 5.56 Å². The molecule has 0 fully saturated rings. The minimum atomic E-state index is -0.395. The first-order valence-corrected chi connectivity index (χ1v) is 7.82. The number of ether oxygens (including phenoxy) is 1. The van der Waals surface area contributed by atoms with Gasteiger partial charge < -0.3 is 14.5 Å². The van der Waals surface area contributed by atoms with Gasteiger partial charge in [-0.15, -0.1) is 0 Å². The lowest BCUT2D eigenvalue weighted by Gasteiger charge is -2.08. The van der Waals surface area contributed by atoms with E-state index in [0.717, 1.165) is 22.0 Å². The van der Waals surface area contributed by atoms with E-state index in [1.807, 2.05) is 18.2 Å². The van der Waals surface area contributed by atoms with E-state index in [9.17, 15) is 8.78 Å². The molecule has 25 heavy (non-hydrogen) atoms. The van der Waals surface area contributed by atoms with Crippen molar-refractivity contribution < 1.29 is 17.9 Å². The standard InChI is InChI=1S/C20H15F2NO2/c1-24-20-5-2-12(8-17(20)22)11-23-14-4-7-19-16(10-14)15-9-13(21)3-6-18(15)25-19/h2-10,23H,11H2,1H3. The van der Waals surface area contributed by atoms with Gasteiger partial charge >= 0.3 is 0 Å². The van der Waals surface area contributed by atoms with Gasteiger partial charge in [-0.05, 0) is 54.1 Å². The summed E-state index contributed by atoms with van der Waals surface area (Å²) >= 11 is 0. The van der Waals surface area contributed by atoms with Crippen LogP contribution in [-0.4, -0.2) is 7.11 Å². The van der Waals surface area contributed by atoms with Gasteiger partial charge in [-0.25, -0.2) is 8.78 Å². The predicted octanol–water partition coefficient (Wildman–Crippen LogP) is 5.48. The van der Waals surface area contributed by atoms with Gasteiger partial charge in [0.25, 0.3) is 0 Å². The third kappa shape index (κ3) is 2.89. The summed E-state index contributed by atoms with van der Waals surface area (Å²) in [5.41, 5.74) is 2.98. The van der Waals surface area contributed by atoms with Crippen LogP contribution in [-0.2, 0) is 6.54 Å². The minimum absolute atomic E-state index is 0.220. The monoisotopic (exact) mass is 339 g/mol. The Labute approximate surface area is 142 Å². The summed E-state index contributed by atoms with van der Waals surface area (Å²) in [7, 11) is 1.43. The molecule has 4 aromatic rings.